The number of hydrazone groups is 1. The van der Waals surface area contributed by atoms with Gasteiger partial charge in [0, 0.05) is 43.4 Å². The topological polar surface area (TPSA) is 79.1 Å². The zero-order valence-corrected chi connectivity index (χ0v) is 18.0. The molecule has 1 aliphatic heterocycles. The minimum absolute atomic E-state index is 0.206. The Labute approximate surface area is 173 Å². The van der Waals surface area contributed by atoms with E-state index in [-0.39, 0.29) is 4.90 Å². The number of piperidine rings is 1. The molecule has 2 N–H and O–H groups in total. The van der Waals surface area contributed by atoms with E-state index >= 15 is 0 Å². The van der Waals surface area contributed by atoms with Crippen LogP contribution in [-0.4, -0.2) is 49.6 Å². The third kappa shape index (κ3) is 5.62. The smallest absolute Gasteiger partial charge is 0.244 e. The number of hydrogen-bond donors (Lipinski definition) is 2. The molecule has 1 saturated heterocycles. The van der Waals surface area contributed by atoms with Gasteiger partial charge in [-0.1, -0.05) is 44.2 Å². The molecule has 1 aromatic heterocycles. The fraction of sp³-hybridized carbons (Fsp3) is 0.429. The van der Waals surface area contributed by atoms with Crippen molar-refractivity contribution in [2.24, 2.45) is 5.10 Å². The first kappa shape index (κ1) is 21.4. The first-order chi connectivity index (χ1) is 14.0. The van der Waals surface area contributed by atoms with E-state index in [1.165, 1.54) is 16.1 Å². The second-order valence-electron chi connectivity index (χ2n) is 7.17. The molecule has 0 radical (unpaired) electrons. The highest BCUT2D eigenvalue weighted by Gasteiger charge is 2.22. The molecule has 7 nitrogen and oxygen atoms in total. The number of nitrogens with zero attached hydrogens (tertiary/aromatic N) is 3. The minimum Gasteiger partial charge on any atom is -0.331 e. The molecule has 0 amide bonds. The summed E-state index contributed by atoms with van der Waals surface area (Å²) in [6, 6.07) is 13.8. The van der Waals surface area contributed by atoms with Gasteiger partial charge in [-0.2, -0.15) is 9.41 Å². The van der Waals surface area contributed by atoms with Gasteiger partial charge in [-0.05, 0) is 12.1 Å². The van der Waals surface area contributed by atoms with Crippen LogP contribution in [0.5, 0.6) is 0 Å². The van der Waals surface area contributed by atoms with E-state index in [1.54, 1.807) is 17.0 Å². The van der Waals surface area contributed by atoms with Crippen LogP contribution < -0.4 is 10.3 Å². The van der Waals surface area contributed by atoms with E-state index in [1.807, 2.05) is 19.9 Å². The van der Waals surface area contributed by atoms with E-state index < -0.39 is 10.0 Å². The average molecular weight is 417 g/mol. The molecule has 0 unspecified atom stereocenters. The van der Waals surface area contributed by atoms with Gasteiger partial charge in [0.25, 0.3) is 0 Å². The highest BCUT2D eigenvalue weighted by Crippen LogP contribution is 2.16. The first-order valence-electron chi connectivity index (χ1n) is 10.2. The summed E-state index contributed by atoms with van der Waals surface area (Å²) < 4.78 is 26.4. The Hall–Kier alpha value is -2.29. The Kier molecular flexibility index (Phi) is 7.35. The Morgan fingerprint density at radius 2 is 1.76 bits per heavy atom. The summed E-state index contributed by atoms with van der Waals surface area (Å²) in [5.74, 6) is 0.551. The normalized spacial score (nSPS) is 17.3. The molecule has 0 bridgehead atoms. The van der Waals surface area contributed by atoms with Gasteiger partial charge in [0.1, 0.15) is 17.3 Å². The van der Waals surface area contributed by atoms with Crippen LogP contribution in [0.4, 0.5) is 5.82 Å². The number of quaternary nitrogens is 1. The van der Waals surface area contributed by atoms with E-state index in [2.05, 4.69) is 39.8 Å². The summed E-state index contributed by atoms with van der Waals surface area (Å²) in [6.07, 6.45) is 3.29. The number of anilines is 1. The molecule has 1 aliphatic rings. The van der Waals surface area contributed by atoms with E-state index in [0.717, 1.165) is 38.2 Å². The van der Waals surface area contributed by atoms with Gasteiger partial charge in [-0.25, -0.2) is 13.4 Å². The fourth-order valence-electron chi connectivity index (χ4n) is 3.51. The molecular formula is C21H30N5O2S+. The zero-order valence-electron chi connectivity index (χ0n) is 17.1. The van der Waals surface area contributed by atoms with Crippen LogP contribution in [0.25, 0.3) is 0 Å². The van der Waals surface area contributed by atoms with Gasteiger partial charge >= 0.3 is 0 Å². The third-order valence-electron chi connectivity index (χ3n) is 5.24. The SMILES string of the molecule is CCN(CC)S(=O)(=O)c1ccc(NN=C2CC[NH+](Cc3ccccc3)CC2)nc1. The summed E-state index contributed by atoms with van der Waals surface area (Å²) in [6.45, 7) is 7.70. The largest absolute Gasteiger partial charge is 0.331 e. The summed E-state index contributed by atoms with van der Waals surface area (Å²) in [5, 5.41) is 4.49. The zero-order chi connectivity index (χ0) is 20.7. The van der Waals surface area contributed by atoms with Gasteiger partial charge in [0.15, 0.2) is 0 Å². The van der Waals surface area contributed by atoms with Crippen molar-refractivity contribution in [2.45, 2.75) is 38.1 Å². The van der Waals surface area contributed by atoms with Crippen LogP contribution >= 0.6 is 0 Å². The molecule has 2 heterocycles. The second kappa shape index (κ2) is 9.96. The molecule has 2 aromatic rings. The molecule has 29 heavy (non-hydrogen) atoms. The maximum atomic E-state index is 12.5. The molecule has 0 saturated carbocycles. The molecule has 8 heteroatoms. The first-order valence-corrected chi connectivity index (χ1v) is 11.6. The number of rotatable bonds is 8. The van der Waals surface area contributed by atoms with Crippen LogP contribution in [0.15, 0.2) is 58.7 Å². The maximum absolute atomic E-state index is 12.5. The Bertz CT molecular complexity index is 900. The van der Waals surface area contributed by atoms with Crippen molar-refractivity contribution in [1.82, 2.24) is 9.29 Å². The maximum Gasteiger partial charge on any atom is 0.244 e. The van der Waals surface area contributed by atoms with Crippen molar-refractivity contribution in [3.05, 3.63) is 54.2 Å². The molecule has 1 fully saturated rings. The van der Waals surface area contributed by atoms with Gasteiger partial charge < -0.3 is 4.90 Å². The number of pyridine rings is 1. The minimum atomic E-state index is -3.48. The lowest BCUT2D eigenvalue weighted by atomic mass is 10.1. The number of hydrogen-bond acceptors (Lipinski definition) is 5. The molecule has 3 rings (SSSR count). The molecule has 0 aliphatic carbocycles. The lowest BCUT2D eigenvalue weighted by Gasteiger charge is -2.24. The summed E-state index contributed by atoms with van der Waals surface area (Å²) >= 11 is 0. The van der Waals surface area contributed by atoms with Crippen LogP contribution in [0.1, 0.15) is 32.3 Å². The lowest BCUT2D eigenvalue weighted by molar-refractivity contribution is -0.914. The van der Waals surface area contributed by atoms with Gasteiger partial charge in [0.2, 0.25) is 10.0 Å². The number of likely N-dealkylation sites (tertiary alicyclic amines) is 1. The monoisotopic (exact) mass is 416 g/mol. The number of sulfonamides is 1. The van der Waals surface area contributed by atoms with Crippen molar-refractivity contribution in [2.75, 3.05) is 31.6 Å². The Morgan fingerprint density at radius 1 is 1.07 bits per heavy atom. The standard InChI is InChI=1S/C21H29N5O2S/c1-3-26(4-2)29(27,28)20-10-11-21(22-16-20)24-23-19-12-14-25(15-13-19)17-18-8-6-5-7-9-18/h5-11,16H,3-4,12-15,17H2,1-2H3,(H,22,24)/p+1. The van der Waals surface area contributed by atoms with E-state index in [9.17, 15) is 8.42 Å². The van der Waals surface area contributed by atoms with Crippen LogP contribution in [0.3, 0.4) is 0 Å². The average Bonchev–Trinajstić information content (AvgIpc) is 2.75. The number of nitrogens with one attached hydrogen (secondary N) is 2. The van der Waals surface area contributed by atoms with Gasteiger partial charge in [-0.15, -0.1) is 0 Å². The molecule has 0 spiro atoms. The van der Waals surface area contributed by atoms with Crippen LogP contribution in [0, 0.1) is 0 Å². The summed E-state index contributed by atoms with van der Waals surface area (Å²) in [4.78, 5) is 6.00. The summed E-state index contributed by atoms with van der Waals surface area (Å²) in [5.41, 5.74) is 5.47. The third-order valence-corrected chi connectivity index (χ3v) is 7.27. The van der Waals surface area contributed by atoms with E-state index in [4.69, 9.17) is 0 Å². The van der Waals surface area contributed by atoms with Crippen molar-refractivity contribution in [3.63, 3.8) is 0 Å². The van der Waals surface area contributed by atoms with Crippen molar-refractivity contribution >= 4 is 21.6 Å². The molecule has 1 aromatic carbocycles. The Morgan fingerprint density at radius 3 is 2.34 bits per heavy atom. The number of aromatic nitrogens is 1. The predicted molar refractivity (Wildman–Crippen MR) is 115 cm³/mol. The quantitative estimate of drug-likeness (QED) is 0.643. The Balaban J connectivity index is 1.53. The lowest BCUT2D eigenvalue weighted by Crippen LogP contribution is -3.11. The van der Waals surface area contributed by atoms with Crippen LogP contribution in [-0.2, 0) is 16.6 Å². The molecular weight excluding hydrogens is 386 g/mol. The molecule has 0 atom stereocenters. The highest BCUT2D eigenvalue weighted by molar-refractivity contribution is 7.89. The van der Waals surface area contributed by atoms with Crippen LogP contribution in [0.2, 0.25) is 0 Å². The van der Waals surface area contributed by atoms with Gasteiger partial charge in [-0.3, -0.25) is 5.43 Å². The molecule has 156 valence electrons. The fourth-order valence-corrected chi connectivity index (χ4v) is 4.92. The second-order valence-corrected chi connectivity index (χ2v) is 9.11. The van der Waals surface area contributed by atoms with Gasteiger partial charge in [0.05, 0.1) is 13.1 Å². The van der Waals surface area contributed by atoms with Crippen molar-refractivity contribution < 1.29 is 13.3 Å². The van der Waals surface area contributed by atoms with Crippen molar-refractivity contribution in [1.29, 1.82) is 0 Å². The predicted octanol–water partition coefficient (Wildman–Crippen LogP) is 1.76. The number of benzene rings is 1. The summed E-state index contributed by atoms with van der Waals surface area (Å²) in [7, 11) is -3.48. The van der Waals surface area contributed by atoms with E-state index in [0.29, 0.717) is 18.9 Å². The highest BCUT2D eigenvalue weighted by atomic mass is 32.2. The van der Waals surface area contributed by atoms with Crippen molar-refractivity contribution in [3.8, 4) is 0 Å².